The standard InChI is InChI=1S/C75H51N/c1-7-27-52(28-8-1)60-43-25-44-61(53-29-9-2-10-30-53)74(60)76(70-48-26-46-68-73(70)65-42-21-23-45-67(65)75(68,57-35-15-5-16-36-57)58-37-17-6-18-38-58)69-47-24-22-39-59(69)56-49-50-63-62-40-19-20-41-64(62)71(54-31-11-3-12-32-54)72(66(63)51-56)55-33-13-4-14-34-55/h1-51H. The summed E-state index contributed by atoms with van der Waals surface area (Å²) in [7, 11) is 0. The summed E-state index contributed by atoms with van der Waals surface area (Å²) in [6.45, 7) is 0. The number of rotatable bonds is 10. The van der Waals surface area contributed by atoms with E-state index in [0.29, 0.717) is 0 Å². The molecular formula is C75H51N. The SMILES string of the molecule is c1ccc(-c2cccc(-c3ccccc3)c2N(c2ccccc2-c2ccc3c(c2)c(-c2ccccc2)c(-c2ccccc2)c2ccccc23)c2cccc3c2-c2ccccc2C3(c2ccccc2)c2ccccc2)cc1. The van der Waals surface area contributed by atoms with E-state index in [1.54, 1.807) is 0 Å². The molecule has 14 rings (SSSR count). The second kappa shape index (κ2) is 18.9. The fourth-order valence-corrected chi connectivity index (χ4v) is 12.6. The molecule has 13 aromatic carbocycles. The second-order valence-electron chi connectivity index (χ2n) is 19.8. The zero-order chi connectivity index (χ0) is 50.4. The van der Waals surface area contributed by atoms with Gasteiger partial charge in [-0.2, -0.15) is 0 Å². The molecule has 1 heteroatoms. The van der Waals surface area contributed by atoms with Crippen LogP contribution in [0.25, 0.3) is 88.3 Å². The van der Waals surface area contributed by atoms with Gasteiger partial charge in [-0.05, 0) is 107 Å². The third-order valence-corrected chi connectivity index (χ3v) is 15.7. The molecule has 0 saturated heterocycles. The maximum absolute atomic E-state index is 2.61. The molecule has 13 aromatic rings. The van der Waals surface area contributed by atoms with Gasteiger partial charge in [0.05, 0.1) is 22.5 Å². The summed E-state index contributed by atoms with van der Waals surface area (Å²) in [6.07, 6.45) is 0. The lowest BCUT2D eigenvalue weighted by Crippen LogP contribution is -2.28. The van der Waals surface area contributed by atoms with Gasteiger partial charge in [0.1, 0.15) is 0 Å². The van der Waals surface area contributed by atoms with Crippen LogP contribution in [0.4, 0.5) is 17.1 Å². The van der Waals surface area contributed by atoms with Crippen LogP contribution in [0.2, 0.25) is 0 Å². The van der Waals surface area contributed by atoms with Crippen LogP contribution in [0.5, 0.6) is 0 Å². The highest BCUT2D eigenvalue weighted by atomic mass is 15.2. The highest BCUT2D eigenvalue weighted by Gasteiger charge is 2.47. The first-order valence-electron chi connectivity index (χ1n) is 26.3. The molecule has 0 atom stereocenters. The molecule has 1 aliphatic carbocycles. The Labute approximate surface area is 444 Å². The Balaban J connectivity index is 1.11. The van der Waals surface area contributed by atoms with Crippen LogP contribution in [-0.2, 0) is 5.41 Å². The normalized spacial score (nSPS) is 12.3. The molecule has 356 valence electrons. The zero-order valence-electron chi connectivity index (χ0n) is 41.9. The van der Waals surface area contributed by atoms with E-state index >= 15 is 0 Å². The quantitative estimate of drug-likeness (QED) is 0.123. The molecule has 0 heterocycles. The lowest BCUT2D eigenvalue weighted by molar-refractivity contribution is 0.768. The smallest absolute Gasteiger partial charge is 0.0714 e. The Kier molecular flexibility index (Phi) is 11.2. The zero-order valence-corrected chi connectivity index (χ0v) is 41.9. The predicted molar refractivity (Wildman–Crippen MR) is 321 cm³/mol. The molecule has 0 aromatic heterocycles. The number of hydrogen-bond donors (Lipinski definition) is 0. The number of anilines is 3. The Bertz CT molecular complexity index is 4150. The first-order chi connectivity index (χ1) is 37.8. The van der Waals surface area contributed by atoms with E-state index in [1.807, 2.05) is 0 Å². The molecule has 0 amide bonds. The van der Waals surface area contributed by atoms with Gasteiger partial charge in [-0.15, -0.1) is 0 Å². The van der Waals surface area contributed by atoms with E-state index in [0.717, 1.165) is 50.4 Å². The molecule has 0 bridgehead atoms. The summed E-state index contributed by atoms with van der Waals surface area (Å²) in [4.78, 5) is 2.61. The maximum Gasteiger partial charge on any atom is 0.0714 e. The van der Waals surface area contributed by atoms with Crippen LogP contribution >= 0.6 is 0 Å². The van der Waals surface area contributed by atoms with Crippen molar-refractivity contribution in [3.63, 3.8) is 0 Å². The summed E-state index contributed by atoms with van der Waals surface area (Å²) in [5.41, 5.74) is 21.8. The molecule has 0 unspecified atom stereocenters. The van der Waals surface area contributed by atoms with Crippen molar-refractivity contribution in [1.29, 1.82) is 0 Å². The van der Waals surface area contributed by atoms with E-state index in [-0.39, 0.29) is 0 Å². The Morgan fingerprint density at radius 1 is 0.224 bits per heavy atom. The molecule has 0 radical (unpaired) electrons. The molecular weight excluding hydrogens is 915 g/mol. The van der Waals surface area contributed by atoms with Crippen molar-refractivity contribution in [2.24, 2.45) is 0 Å². The van der Waals surface area contributed by atoms with E-state index in [9.17, 15) is 0 Å². The van der Waals surface area contributed by atoms with Crippen LogP contribution in [0.15, 0.2) is 309 Å². The first-order valence-corrected chi connectivity index (χ1v) is 26.3. The number of nitrogens with zero attached hydrogens (tertiary/aromatic N) is 1. The molecule has 1 aliphatic rings. The fourth-order valence-electron chi connectivity index (χ4n) is 12.6. The highest BCUT2D eigenvalue weighted by Crippen LogP contribution is 2.61. The van der Waals surface area contributed by atoms with Gasteiger partial charge >= 0.3 is 0 Å². The highest BCUT2D eigenvalue weighted by molar-refractivity contribution is 6.22. The maximum atomic E-state index is 2.61. The average Bonchev–Trinajstić information content (AvgIpc) is 4.06. The van der Waals surface area contributed by atoms with E-state index in [2.05, 4.69) is 314 Å². The van der Waals surface area contributed by atoms with Crippen LogP contribution < -0.4 is 4.90 Å². The molecule has 0 N–H and O–H groups in total. The summed E-state index contributed by atoms with van der Waals surface area (Å²) < 4.78 is 0. The average molecular weight is 966 g/mol. The molecule has 0 spiro atoms. The van der Waals surface area contributed by atoms with Crippen molar-refractivity contribution < 1.29 is 0 Å². The first kappa shape index (κ1) is 44.8. The largest absolute Gasteiger partial charge is 0.308 e. The molecule has 0 aliphatic heterocycles. The minimum Gasteiger partial charge on any atom is -0.308 e. The van der Waals surface area contributed by atoms with Crippen molar-refractivity contribution in [1.82, 2.24) is 0 Å². The van der Waals surface area contributed by atoms with Gasteiger partial charge in [-0.3, -0.25) is 0 Å². The molecule has 76 heavy (non-hydrogen) atoms. The van der Waals surface area contributed by atoms with Crippen molar-refractivity contribution in [3.8, 4) is 66.8 Å². The van der Waals surface area contributed by atoms with Crippen LogP contribution in [0.1, 0.15) is 22.3 Å². The van der Waals surface area contributed by atoms with Crippen molar-refractivity contribution >= 4 is 38.6 Å². The number of para-hydroxylation sites is 2. The third-order valence-electron chi connectivity index (χ3n) is 15.7. The summed E-state index contributed by atoms with van der Waals surface area (Å²) in [5.74, 6) is 0. The van der Waals surface area contributed by atoms with Crippen molar-refractivity contribution in [2.75, 3.05) is 4.90 Å². The van der Waals surface area contributed by atoms with Crippen LogP contribution in [0, 0.1) is 0 Å². The summed E-state index contributed by atoms with van der Waals surface area (Å²) in [6, 6.07) is 114. The summed E-state index contributed by atoms with van der Waals surface area (Å²) in [5, 5.41) is 4.91. The molecule has 1 nitrogen and oxygen atoms in total. The number of hydrogen-bond acceptors (Lipinski definition) is 1. The Morgan fingerprint density at radius 2 is 0.632 bits per heavy atom. The topological polar surface area (TPSA) is 3.24 Å². The van der Waals surface area contributed by atoms with Gasteiger partial charge in [0.15, 0.2) is 0 Å². The minimum absolute atomic E-state index is 0.595. The van der Waals surface area contributed by atoms with Gasteiger partial charge < -0.3 is 4.90 Å². The Hall–Kier alpha value is -9.82. The van der Waals surface area contributed by atoms with Gasteiger partial charge in [-0.1, -0.05) is 291 Å². The fraction of sp³-hybridized carbons (Fsp3) is 0.0133. The van der Waals surface area contributed by atoms with Gasteiger partial charge in [-0.25, -0.2) is 0 Å². The summed E-state index contributed by atoms with van der Waals surface area (Å²) >= 11 is 0. The van der Waals surface area contributed by atoms with Crippen LogP contribution in [-0.4, -0.2) is 0 Å². The second-order valence-corrected chi connectivity index (χ2v) is 19.8. The minimum atomic E-state index is -0.595. The third kappa shape index (κ3) is 7.23. The van der Waals surface area contributed by atoms with Crippen LogP contribution in [0.3, 0.4) is 0 Å². The molecule has 0 fully saturated rings. The van der Waals surface area contributed by atoms with Crippen molar-refractivity contribution in [2.45, 2.75) is 5.41 Å². The van der Waals surface area contributed by atoms with Gasteiger partial charge in [0, 0.05) is 22.3 Å². The lowest BCUT2D eigenvalue weighted by atomic mass is 9.68. The monoisotopic (exact) mass is 965 g/mol. The van der Waals surface area contributed by atoms with Crippen molar-refractivity contribution in [3.05, 3.63) is 332 Å². The van der Waals surface area contributed by atoms with E-state index in [1.165, 1.54) is 77.2 Å². The van der Waals surface area contributed by atoms with E-state index in [4.69, 9.17) is 0 Å². The molecule has 0 saturated carbocycles. The number of benzene rings is 13. The predicted octanol–water partition coefficient (Wildman–Crippen LogP) is 20.2. The van der Waals surface area contributed by atoms with Gasteiger partial charge in [0.2, 0.25) is 0 Å². The number of fused-ring (bicyclic) bond motifs is 6. The van der Waals surface area contributed by atoms with E-state index < -0.39 is 5.41 Å². The van der Waals surface area contributed by atoms with Gasteiger partial charge in [0.25, 0.3) is 0 Å². The lowest BCUT2D eigenvalue weighted by Gasteiger charge is -2.35. The Morgan fingerprint density at radius 3 is 1.22 bits per heavy atom.